The SMILES string of the molecule is CC[C@H](C)n1c(SCC(=O)Nc2cccc(Cl)c2)nc2ccsc2c1=O. The maximum absolute atomic E-state index is 12.8. The number of carbonyl (C=O) groups excluding carboxylic acids is 1. The number of thiophene rings is 1. The summed E-state index contributed by atoms with van der Waals surface area (Å²) in [5.74, 6) is -0.0157. The van der Waals surface area contributed by atoms with Crippen molar-refractivity contribution in [2.24, 2.45) is 0 Å². The molecule has 0 aliphatic heterocycles. The largest absolute Gasteiger partial charge is 0.325 e. The molecule has 1 atom stereocenters. The molecule has 136 valence electrons. The molecule has 1 amide bonds. The fraction of sp³-hybridized carbons (Fsp3) is 0.278. The van der Waals surface area contributed by atoms with Crippen LogP contribution >= 0.6 is 34.7 Å². The van der Waals surface area contributed by atoms with Gasteiger partial charge in [0.1, 0.15) is 4.70 Å². The Morgan fingerprint density at radius 2 is 2.23 bits per heavy atom. The molecule has 0 radical (unpaired) electrons. The summed E-state index contributed by atoms with van der Waals surface area (Å²) in [6, 6.07) is 8.83. The zero-order valence-electron chi connectivity index (χ0n) is 14.4. The van der Waals surface area contributed by atoms with E-state index in [9.17, 15) is 9.59 Å². The van der Waals surface area contributed by atoms with Crippen LogP contribution in [0.2, 0.25) is 5.02 Å². The fourth-order valence-electron chi connectivity index (χ4n) is 2.47. The lowest BCUT2D eigenvalue weighted by Crippen LogP contribution is -2.26. The van der Waals surface area contributed by atoms with Gasteiger partial charge in [0.05, 0.1) is 11.3 Å². The lowest BCUT2D eigenvalue weighted by atomic mass is 10.2. The van der Waals surface area contributed by atoms with Crippen molar-refractivity contribution < 1.29 is 4.79 Å². The van der Waals surface area contributed by atoms with Gasteiger partial charge >= 0.3 is 0 Å². The highest BCUT2D eigenvalue weighted by atomic mass is 35.5. The van der Waals surface area contributed by atoms with E-state index in [4.69, 9.17) is 11.6 Å². The number of nitrogens with zero attached hydrogens (tertiary/aromatic N) is 2. The molecular formula is C18H18ClN3O2S2. The molecule has 0 saturated heterocycles. The Hall–Kier alpha value is -1.83. The van der Waals surface area contributed by atoms with Gasteiger partial charge in [-0.3, -0.25) is 14.2 Å². The minimum Gasteiger partial charge on any atom is -0.325 e. The zero-order chi connectivity index (χ0) is 18.7. The van der Waals surface area contributed by atoms with Gasteiger partial charge in [-0.15, -0.1) is 11.3 Å². The molecule has 2 heterocycles. The molecule has 0 unspecified atom stereocenters. The maximum Gasteiger partial charge on any atom is 0.272 e. The second-order valence-corrected chi connectivity index (χ2v) is 8.10. The number of halogens is 1. The Bertz CT molecular complexity index is 1000. The number of carbonyl (C=O) groups is 1. The van der Waals surface area contributed by atoms with Crippen LogP contribution < -0.4 is 10.9 Å². The van der Waals surface area contributed by atoms with Gasteiger partial charge in [-0.25, -0.2) is 4.98 Å². The van der Waals surface area contributed by atoms with Gasteiger partial charge in [0.25, 0.3) is 5.56 Å². The second kappa shape index (κ2) is 8.24. The van der Waals surface area contributed by atoms with Crippen LogP contribution in [0.25, 0.3) is 10.2 Å². The van der Waals surface area contributed by atoms with E-state index in [1.54, 1.807) is 28.8 Å². The van der Waals surface area contributed by atoms with E-state index in [1.807, 2.05) is 25.3 Å². The van der Waals surface area contributed by atoms with Crippen molar-refractivity contribution in [3.05, 3.63) is 51.1 Å². The summed E-state index contributed by atoms with van der Waals surface area (Å²) in [5.41, 5.74) is 1.28. The third-order valence-corrected chi connectivity index (χ3v) is 6.03. The summed E-state index contributed by atoms with van der Waals surface area (Å²) in [5, 5.41) is 5.79. The molecule has 3 rings (SSSR count). The first kappa shape index (κ1) is 18.9. The molecule has 2 aromatic heterocycles. The van der Waals surface area contributed by atoms with Crippen LogP contribution in [0, 0.1) is 0 Å². The monoisotopic (exact) mass is 407 g/mol. The minimum atomic E-state index is -0.173. The van der Waals surface area contributed by atoms with Crippen LogP contribution in [0.4, 0.5) is 5.69 Å². The van der Waals surface area contributed by atoms with Crippen molar-refractivity contribution in [1.29, 1.82) is 0 Å². The highest BCUT2D eigenvalue weighted by Gasteiger charge is 2.17. The average molecular weight is 408 g/mol. The van der Waals surface area contributed by atoms with Crippen LogP contribution in [0.5, 0.6) is 0 Å². The highest BCUT2D eigenvalue weighted by molar-refractivity contribution is 7.99. The average Bonchev–Trinajstić information content (AvgIpc) is 3.08. The Labute approximate surface area is 164 Å². The van der Waals surface area contributed by atoms with Gasteiger partial charge in [0, 0.05) is 16.8 Å². The normalized spacial score (nSPS) is 12.3. The van der Waals surface area contributed by atoms with Crippen LogP contribution in [0.15, 0.2) is 45.7 Å². The Balaban J connectivity index is 1.81. The number of hydrogen-bond donors (Lipinski definition) is 1. The van der Waals surface area contributed by atoms with Gasteiger partial charge < -0.3 is 5.32 Å². The topological polar surface area (TPSA) is 64.0 Å². The van der Waals surface area contributed by atoms with Crippen molar-refractivity contribution >= 4 is 56.5 Å². The molecule has 26 heavy (non-hydrogen) atoms. The van der Waals surface area contributed by atoms with Gasteiger partial charge in [-0.05, 0) is 43.0 Å². The first-order valence-electron chi connectivity index (χ1n) is 8.17. The van der Waals surface area contributed by atoms with Crippen LogP contribution in [-0.2, 0) is 4.79 Å². The molecule has 0 aliphatic carbocycles. The van der Waals surface area contributed by atoms with E-state index in [2.05, 4.69) is 10.3 Å². The molecule has 8 heteroatoms. The van der Waals surface area contributed by atoms with Gasteiger partial charge in [0.15, 0.2) is 5.16 Å². The number of rotatable bonds is 6. The van der Waals surface area contributed by atoms with Gasteiger partial charge in [-0.2, -0.15) is 0 Å². The number of anilines is 1. The van der Waals surface area contributed by atoms with Crippen molar-refractivity contribution in [2.45, 2.75) is 31.5 Å². The number of amides is 1. The zero-order valence-corrected chi connectivity index (χ0v) is 16.7. The molecule has 0 fully saturated rings. The first-order valence-corrected chi connectivity index (χ1v) is 10.4. The molecule has 0 spiro atoms. The lowest BCUT2D eigenvalue weighted by Gasteiger charge is -2.17. The quantitative estimate of drug-likeness (QED) is 0.470. The third-order valence-electron chi connectivity index (χ3n) is 3.95. The lowest BCUT2D eigenvalue weighted by molar-refractivity contribution is -0.113. The predicted molar refractivity (Wildman–Crippen MR) is 110 cm³/mol. The van der Waals surface area contributed by atoms with Crippen molar-refractivity contribution in [2.75, 3.05) is 11.1 Å². The van der Waals surface area contributed by atoms with Crippen LogP contribution in [0.1, 0.15) is 26.3 Å². The molecule has 1 aromatic carbocycles. The van der Waals surface area contributed by atoms with Crippen LogP contribution in [0.3, 0.4) is 0 Å². The molecular weight excluding hydrogens is 390 g/mol. The Morgan fingerprint density at radius 1 is 1.42 bits per heavy atom. The second-order valence-electron chi connectivity index (χ2n) is 5.81. The summed E-state index contributed by atoms with van der Waals surface area (Å²) in [6.45, 7) is 4.01. The van der Waals surface area contributed by atoms with E-state index >= 15 is 0 Å². The first-order chi connectivity index (χ1) is 12.5. The number of fused-ring (bicyclic) bond motifs is 1. The number of thioether (sulfide) groups is 1. The summed E-state index contributed by atoms with van der Waals surface area (Å²) in [6.07, 6.45) is 0.806. The molecule has 0 bridgehead atoms. The third kappa shape index (κ3) is 4.11. The molecule has 1 N–H and O–H groups in total. The molecule has 3 aromatic rings. The number of nitrogens with one attached hydrogen (secondary N) is 1. The molecule has 0 aliphatic rings. The van der Waals surface area contributed by atoms with Crippen LogP contribution in [-0.4, -0.2) is 21.2 Å². The maximum atomic E-state index is 12.8. The van der Waals surface area contributed by atoms with Crippen molar-refractivity contribution in [1.82, 2.24) is 9.55 Å². The highest BCUT2D eigenvalue weighted by Crippen LogP contribution is 2.24. The van der Waals surface area contributed by atoms with E-state index < -0.39 is 0 Å². The number of benzene rings is 1. The van der Waals surface area contributed by atoms with E-state index in [1.165, 1.54) is 23.1 Å². The van der Waals surface area contributed by atoms with E-state index in [0.717, 1.165) is 6.42 Å². The predicted octanol–water partition coefficient (Wildman–Crippen LogP) is 4.81. The molecule has 0 saturated carbocycles. The Kier molecular flexibility index (Phi) is 6.01. The summed E-state index contributed by atoms with van der Waals surface area (Å²) in [4.78, 5) is 29.6. The molecule has 5 nitrogen and oxygen atoms in total. The summed E-state index contributed by atoms with van der Waals surface area (Å²) >= 11 is 8.59. The smallest absolute Gasteiger partial charge is 0.272 e. The van der Waals surface area contributed by atoms with Crippen molar-refractivity contribution in [3.63, 3.8) is 0 Å². The van der Waals surface area contributed by atoms with E-state index in [-0.39, 0.29) is 23.3 Å². The van der Waals surface area contributed by atoms with Gasteiger partial charge in [0.2, 0.25) is 5.91 Å². The van der Waals surface area contributed by atoms with E-state index in [0.29, 0.717) is 26.1 Å². The summed E-state index contributed by atoms with van der Waals surface area (Å²) in [7, 11) is 0. The number of hydrogen-bond acceptors (Lipinski definition) is 5. The minimum absolute atomic E-state index is 0.0139. The fourth-order valence-corrected chi connectivity index (χ4v) is 4.32. The number of aromatic nitrogens is 2. The van der Waals surface area contributed by atoms with Crippen molar-refractivity contribution in [3.8, 4) is 0 Å². The Morgan fingerprint density at radius 3 is 2.96 bits per heavy atom. The summed E-state index contributed by atoms with van der Waals surface area (Å²) < 4.78 is 2.34. The standard InChI is InChI=1S/C18H18ClN3O2S2/c1-3-11(2)22-17(24)16-14(7-8-25-16)21-18(22)26-10-15(23)20-13-6-4-5-12(19)9-13/h4-9,11H,3,10H2,1-2H3,(H,20,23)/t11-/m0/s1. The van der Waals surface area contributed by atoms with Gasteiger partial charge in [-0.1, -0.05) is 36.4 Å².